The quantitative estimate of drug-likeness (QED) is 0.163. The molecule has 4 unspecified atom stereocenters. The van der Waals surface area contributed by atoms with Crippen LogP contribution in [0.2, 0.25) is 0 Å². The standard InChI is InChI=1S/C46H66N2O14/c1-12-44(22-55-23-44)35(47-40(53)62-41(4,5)6)32(50)39(52)57-28-20-46(54)37(60-38(51)27-16-14-13-15-17-27)34-43(9,19-18-29-45(34,24-56-29)61-26(3)49)36-33(31(25(28)2)42(46,7)8)58-30(59-36)21-48(10)11/h13-17,28-30,32-37,50,54H,12,18-24H2,1-11H3,(H,47,53)/t28-,29?,30+,32+,33?,34?,35+,36?,37-,43+,45-,46+/m0/s1. The Morgan fingerprint density at radius 2 is 1.69 bits per heavy atom. The van der Waals surface area contributed by atoms with Gasteiger partial charge in [-0.1, -0.05) is 45.9 Å². The average molecular weight is 871 g/mol. The van der Waals surface area contributed by atoms with Gasteiger partial charge >= 0.3 is 24.0 Å². The first-order valence-electron chi connectivity index (χ1n) is 21.9. The maximum Gasteiger partial charge on any atom is 0.407 e. The third-order valence-corrected chi connectivity index (χ3v) is 14.7. The molecule has 1 aromatic rings. The van der Waals surface area contributed by atoms with Gasteiger partial charge in [-0.2, -0.15) is 0 Å². The molecule has 2 saturated carbocycles. The number of amides is 1. The Morgan fingerprint density at radius 1 is 1.02 bits per heavy atom. The van der Waals surface area contributed by atoms with Crippen molar-refractivity contribution in [3.63, 3.8) is 0 Å². The van der Waals surface area contributed by atoms with Crippen molar-refractivity contribution in [3.05, 3.63) is 47.0 Å². The van der Waals surface area contributed by atoms with Gasteiger partial charge in [-0.05, 0) is 84.3 Å². The Bertz CT molecular complexity index is 1920. The molecule has 12 atom stereocenters. The van der Waals surface area contributed by atoms with E-state index >= 15 is 0 Å². The number of carbonyl (C=O) groups is 4. The Balaban J connectivity index is 1.37. The predicted molar refractivity (Wildman–Crippen MR) is 221 cm³/mol. The van der Waals surface area contributed by atoms with Crippen LogP contribution in [0, 0.1) is 22.2 Å². The lowest BCUT2D eigenvalue weighted by atomic mass is 9.45. The number of benzene rings is 1. The monoisotopic (exact) mass is 870 g/mol. The maximum absolute atomic E-state index is 14.5. The Hall–Kier alpha value is -3.64. The van der Waals surface area contributed by atoms with E-state index in [0.717, 1.165) is 0 Å². The number of aliphatic hydroxyl groups excluding tert-OH is 1. The molecule has 6 aliphatic rings. The van der Waals surface area contributed by atoms with E-state index in [0.29, 0.717) is 37.0 Å². The Labute approximate surface area is 364 Å². The molecular formula is C46H66N2O14. The molecule has 3 aliphatic heterocycles. The topological polar surface area (TPSA) is 198 Å². The van der Waals surface area contributed by atoms with Crippen LogP contribution in [0.4, 0.5) is 4.79 Å². The van der Waals surface area contributed by atoms with Crippen LogP contribution in [0.5, 0.6) is 0 Å². The van der Waals surface area contributed by atoms with Crippen LogP contribution in [0.25, 0.3) is 0 Å². The number of carbonyl (C=O) groups excluding carboxylic acids is 4. The van der Waals surface area contributed by atoms with Crippen LogP contribution in [-0.4, -0.2) is 145 Å². The Kier molecular flexibility index (Phi) is 12.3. The first-order chi connectivity index (χ1) is 28.9. The number of ether oxygens (including phenoxy) is 8. The van der Waals surface area contributed by atoms with Crippen LogP contribution >= 0.6 is 0 Å². The van der Waals surface area contributed by atoms with E-state index in [-0.39, 0.29) is 31.8 Å². The maximum atomic E-state index is 14.5. The lowest BCUT2D eigenvalue weighted by Gasteiger charge is -2.68. The highest BCUT2D eigenvalue weighted by atomic mass is 16.7. The summed E-state index contributed by atoms with van der Waals surface area (Å²) in [5.41, 5.74) is -5.89. The fourth-order valence-electron chi connectivity index (χ4n) is 11.4. The molecule has 2 bridgehead atoms. The van der Waals surface area contributed by atoms with Gasteiger partial charge < -0.3 is 58.3 Å². The summed E-state index contributed by atoms with van der Waals surface area (Å²) >= 11 is 0. The van der Waals surface area contributed by atoms with Gasteiger partial charge in [0.25, 0.3) is 0 Å². The number of rotatable bonds is 11. The molecule has 3 N–H and O–H groups in total. The molecule has 16 heteroatoms. The van der Waals surface area contributed by atoms with Crippen LogP contribution in [0.15, 0.2) is 41.5 Å². The van der Waals surface area contributed by atoms with E-state index in [4.69, 9.17) is 37.9 Å². The highest BCUT2D eigenvalue weighted by Crippen LogP contribution is 2.66. The first kappa shape index (κ1) is 46.4. The van der Waals surface area contributed by atoms with Crippen LogP contribution in [0.3, 0.4) is 0 Å². The van der Waals surface area contributed by atoms with Crippen molar-refractivity contribution in [2.24, 2.45) is 22.2 Å². The normalized spacial score (nSPS) is 36.5. The lowest BCUT2D eigenvalue weighted by Crippen LogP contribution is -2.79. The second kappa shape index (κ2) is 16.4. The van der Waals surface area contributed by atoms with E-state index < -0.39 is 112 Å². The molecule has 62 heavy (non-hydrogen) atoms. The number of hydrogen-bond donors (Lipinski definition) is 3. The van der Waals surface area contributed by atoms with E-state index in [1.54, 1.807) is 51.1 Å². The van der Waals surface area contributed by atoms with Crippen molar-refractivity contribution in [2.75, 3.05) is 40.5 Å². The minimum atomic E-state index is -2.05. The summed E-state index contributed by atoms with van der Waals surface area (Å²) in [7, 11) is 3.81. The molecule has 1 amide bonds. The molecule has 0 aromatic heterocycles. The summed E-state index contributed by atoms with van der Waals surface area (Å²) in [5, 5.41) is 28.6. The number of likely N-dealkylation sites (N-methyl/N-ethyl adjacent to an activating group) is 1. The fraction of sp³-hybridized carbons (Fsp3) is 0.739. The highest BCUT2D eigenvalue weighted by Gasteiger charge is 2.77. The Morgan fingerprint density at radius 3 is 2.24 bits per heavy atom. The summed E-state index contributed by atoms with van der Waals surface area (Å²) in [6.45, 7) is 16.6. The number of hydrogen-bond acceptors (Lipinski definition) is 15. The second-order valence-corrected chi connectivity index (χ2v) is 20.4. The van der Waals surface area contributed by atoms with Crippen molar-refractivity contribution < 1.29 is 67.3 Å². The number of nitrogens with zero attached hydrogens (tertiary/aromatic N) is 1. The van der Waals surface area contributed by atoms with Gasteiger partial charge in [-0.15, -0.1) is 0 Å². The average Bonchev–Trinajstić information content (AvgIpc) is 3.56. The molecule has 5 fully saturated rings. The second-order valence-electron chi connectivity index (χ2n) is 20.4. The summed E-state index contributed by atoms with van der Waals surface area (Å²) < 4.78 is 50.4. The van der Waals surface area contributed by atoms with Crippen molar-refractivity contribution >= 4 is 24.0 Å². The van der Waals surface area contributed by atoms with Crippen LogP contribution in [0.1, 0.15) is 98.4 Å². The molecular weight excluding hydrogens is 805 g/mol. The summed E-state index contributed by atoms with van der Waals surface area (Å²) in [4.78, 5) is 57.2. The number of fused-ring (bicyclic) bond motifs is 8. The van der Waals surface area contributed by atoms with Crippen LogP contribution < -0.4 is 5.32 Å². The van der Waals surface area contributed by atoms with Gasteiger partial charge in [-0.3, -0.25) is 4.79 Å². The minimum Gasteiger partial charge on any atom is -0.456 e. The zero-order chi connectivity index (χ0) is 45.4. The molecule has 1 aromatic carbocycles. The van der Waals surface area contributed by atoms with Gasteiger partial charge in [0.15, 0.2) is 18.0 Å². The molecule has 3 heterocycles. The predicted octanol–water partition coefficient (Wildman–Crippen LogP) is 4.08. The smallest absolute Gasteiger partial charge is 0.407 e. The zero-order valence-electron chi connectivity index (χ0n) is 38.0. The van der Waals surface area contributed by atoms with Gasteiger partial charge in [0.2, 0.25) is 0 Å². The number of alkyl carbamates (subject to hydrolysis) is 1. The van der Waals surface area contributed by atoms with Crippen molar-refractivity contribution in [1.82, 2.24) is 10.2 Å². The lowest BCUT2D eigenvalue weighted by molar-refractivity contribution is -0.345. The van der Waals surface area contributed by atoms with Gasteiger partial charge in [0.05, 0.1) is 43.4 Å². The summed E-state index contributed by atoms with van der Waals surface area (Å²) in [6.07, 6.45) is -7.04. The SMILES string of the molecule is CCC1([C@H](NC(=O)OC(C)(C)C)[C@@H](O)C(=O)O[C@H]2C[C@@]3(O)[C@@H](OC(=O)c4ccccc4)C4[C@@](C)(CCC5OC[C@]54OC(C)=O)C4O[C@H](CN(C)C)OC4C(=C2C)C3(C)C)COC1. The number of aliphatic hydroxyl groups is 2. The molecule has 0 spiro atoms. The van der Waals surface area contributed by atoms with Gasteiger partial charge in [0, 0.05) is 36.1 Å². The van der Waals surface area contributed by atoms with E-state index in [1.807, 2.05) is 53.6 Å². The molecule has 344 valence electrons. The van der Waals surface area contributed by atoms with Crippen molar-refractivity contribution in [1.29, 1.82) is 0 Å². The van der Waals surface area contributed by atoms with E-state index in [2.05, 4.69) is 5.32 Å². The molecule has 3 saturated heterocycles. The largest absolute Gasteiger partial charge is 0.456 e. The summed E-state index contributed by atoms with van der Waals surface area (Å²) in [5.74, 6) is -3.26. The van der Waals surface area contributed by atoms with Gasteiger partial charge in [0.1, 0.15) is 35.6 Å². The zero-order valence-corrected chi connectivity index (χ0v) is 38.0. The van der Waals surface area contributed by atoms with Crippen molar-refractivity contribution in [3.8, 4) is 0 Å². The molecule has 16 nitrogen and oxygen atoms in total. The molecule has 7 rings (SSSR count). The van der Waals surface area contributed by atoms with Gasteiger partial charge in [-0.25, -0.2) is 14.4 Å². The number of esters is 3. The molecule has 0 radical (unpaired) electrons. The third-order valence-electron chi connectivity index (χ3n) is 14.7. The minimum absolute atomic E-state index is 0.0198. The number of nitrogens with one attached hydrogen (secondary N) is 1. The van der Waals surface area contributed by atoms with E-state index in [1.165, 1.54) is 6.92 Å². The first-order valence-corrected chi connectivity index (χ1v) is 21.9. The van der Waals surface area contributed by atoms with Crippen LogP contribution in [-0.2, 0) is 47.5 Å². The van der Waals surface area contributed by atoms with E-state index in [9.17, 15) is 29.4 Å². The molecule has 3 aliphatic carbocycles. The third kappa shape index (κ3) is 7.74. The summed E-state index contributed by atoms with van der Waals surface area (Å²) in [6, 6.07) is 7.28. The van der Waals surface area contributed by atoms with Crippen molar-refractivity contribution in [2.45, 2.75) is 154 Å². The fourth-order valence-corrected chi connectivity index (χ4v) is 11.4. The highest BCUT2D eigenvalue weighted by molar-refractivity contribution is 5.89.